The number of phenols is 1. The molecule has 6 saturated carbocycles. The molecule has 0 unspecified atom stereocenters. The Balaban J connectivity index is 0.938. The van der Waals surface area contributed by atoms with Crippen LogP contribution < -0.4 is 93.7 Å². The quantitative estimate of drug-likeness (QED) is 0.0251. The van der Waals surface area contributed by atoms with Gasteiger partial charge in [-0.3, -0.25) is 62.9 Å². The van der Waals surface area contributed by atoms with E-state index in [1.165, 1.54) is 0 Å². The molecule has 104 heavy (non-hydrogen) atoms. The van der Waals surface area contributed by atoms with E-state index in [1.807, 2.05) is 0 Å². The molecule has 0 heterocycles. The average Bonchev–Trinajstić information content (AvgIpc) is 0.834. The molecular formula is C73H122N20O11. The second-order valence-electron chi connectivity index (χ2n) is 30.1. The number of aliphatic imine (C=N–C) groups is 3. The van der Waals surface area contributed by atoms with Crippen LogP contribution in [0.5, 0.6) is 5.75 Å². The maximum absolute atomic E-state index is 14.6. The number of nitrogens with two attached hydrogens (primary N) is 8. The zero-order valence-electron chi connectivity index (χ0n) is 60.9. The van der Waals surface area contributed by atoms with Crippen molar-refractivity contribution in [3.63, 3.8) is 0 Å². The van der Waals surface area contributed by atoms with Gasteiger partial charge >= 0.3 is 0 Å². The Morgan fingerprint density at radius 2 is 0.615 bits per heavy atom. The van der Waals surface area contributed by atoms with Gasteiger partial charge in [-0.05, 0) is 140 Å². The number of guanidine groups is 3. The number of amides is 10. The summed E-state index contributed by atoms with van der Waals surface area (Å²) in [6.07, 6.45) is 18.6. The van der Waals surface area contributed by atoms with E-state index in [0.717, 1.165) is 82.6 Å². The molecule has 0 aliphatic heterocycles. The number of hydrogen-bond donors (Lipinski definition) is 18. The van der Waals surface area contributed by atoms with Gasteiger partial charge in [-0.25, -0.2) is 0 Å². The highest BCUT2D eigenvalue weighted by molar-refractivity contribution is 5.88. The fraction of sp³-hybridized carbons (Fsp3) is 0.740. The largest absolute Gasteiger partial charge is 0.508 e. The van der Waals surface area contributed by atoms with Crippen LogP contribution in [0.15, 0.2) is 39.2 Å². The normalized spacial score (nSPS) is 25.9. The molecule has 7 rings (SSSR count). The highest BCUT2D eigenvalue weighted by Gasteiger charge is 2.42. The van der Waals surface area contributed by atoms with Crippen molar-refractivity contribution in [2.45, 2.75) is 285 Å². The molecule has 580 valence electrons. The van der Waals surface area contributed by atoms with E-state index < -0.39 is 102 Å². The zero-order valence-corrected chi connectivity index (χ0v) is 60.9. The maximum atomic E-state index is 14.6. The number of hydrogen-bond acceptors (Lipinski definition) is 15. The Kier molecular flexibility index (Phi) is 34.3. The summed E-state index contributed by atoms with van der Waals surface area (Å²) in [4.78, 5) is 152. The fourth-order valence-electron chi connectivity index (χ4n) is 16.5. The van der Waals surface area contributed by atoms with Crippen molar-refractivity contribution < 1.29 is 53.1 Å². The monoisotopic (exact) mass is 1450 g/mol. The van der Waals surface area contributed by atoms with Gasteiger partial charge in [-0.1, -0.05) is 89.2 Å². The van der Waals surface area contributed by atoms with Crippen molar-refractivity contribution in [1.29, 1.82) is 0 Å². The summed E-state index contributed by atoms with van der Waals surface area (Å²) in [5.74, 6) is -6.71. The number of primary amides is 1. The lowest BCUT2D eigenvalue weighted by atomic mass is 9.80. The molecule has 16 atom stereocenters. The third-order valence-electron chi connectivity index (χ3n) is 21.9. The summed E-state index contributed by atoms with van der Waals surface area (Å²) in [6, 6.07) is 1.42. The molecule has 10 amide bonds. The Hall–Kier alpha value is -8.51. The smallest absolute Gasteiger partial charge is 0.225 e. The van der Waals surface area contributed by atoms with E-state index in [0.29, 0.717) is 129 Å². The first-order valence-corrected chi connectivity index (χ1v) is 38.6. The van der Waals surface area contributed by atoms with Gasteiger partial charge in [0.15, 0.2) is 17.9 Å². The van der Waals surface area contributed by atoms with Crippen LogP contribution in [-0.2, 0) is 54.4 Å². The van der Waals surface area contributed by atoms with Gasteiger partial charge in [0.05, 0.1) is 35.5 Å². The van der Waals surface area contributed by atoms with Crippen LogP contribution in [0.1, 0.15) is 224 Å². The first-order chi connectivity index (χ1) is 49.9. The van der Waals surface area contributed by atoms with Crippen LogP contribution in [0, 0.1) is 35.5 Å². The van der Waals surface area contributed by atoms with Crippen LogP contribution in [-0.4, -0.2) is 162 Å². The standard InChI is InChI=1S/C73H122N20O11/c74-44(38-43-31-33-48(94)34-32-43)39-62(96)88-55-25-7-1-19-49(55)68(102)92-59-29-11-5-23-53(59)66(100)86-46(17-14-36-83-72(78)79)41-64(98)90-57-27-9-3-21-51(57)70(104)93-60-30-12-6-24-54(60)67(101)87-47(18-15-37-84-73(80)81)42-63(97)89-56-26-8-2-20-50(56)69(103)91-58-28-10-4-22-52(58)65(99)85-45(40-61(75)95)16-13-35-82-71(76)77/h31-34,44-47,49-60,94H,1-30,35-42,74H2,(H2,75,95)(H,85,99)(H,86,100)(H,87,101)(H,88,96)(H,89,97)(H,90,98)(H,91,103)(H,92,102)(H,93,104)(H4,76,77,82)(H4,78,79,83)(H4,80,81,84)/t44-,45-,46-,47-,49-,50-,51-,52-,53-,54-,55-,56-,57-,58-,59-,60-/m0/s1. The Morgan fingerprint density at radius 1 is 0.356 bits per heavy atom. The minimum Gasteiger partial charge on any atom is -0.508 e. The van der Waals surface area contributed by atoms with Crippen LogP contribution in [0.25, 0.3) is 0 Å². The summed E-state index contributed by atoms with van der Waals surface area (Å²) in [6.45, 7) is 0.826. The van der Waals surface area contributed by atoms with Gasteiger partial charge < -0.3 is 98.8 Å². The summed E-state index contributed by atoms with van der Waals surface area (Å²) in [5, 5.41) is 38.0. The number of benzene rings is 1. The molecule has 6 aliphatic carbocycles. The molecule has 0 radical (unpaired) electrons. The number of nitrogens with one attached hydrogen (secondary N) is 9. The number of rotatable bonds is 37. The van der Waals surface area contributed by atoms with E-state index in [1.54, 1.807) is 24.3 Å². The van der Waals surface area contributed by atoms with Gasteiger partial charge in [-0.2, -0.15) is 0 Å². The lowest BCUT2D eigenvalue weighted by Crippen LogP contribution is -2.56. The molecule has 6 aliphatic rings. The lowest BCUT2D eigenvalue weighted by molar-refractivity contribution is -0.134. The predicted molar refractivity (Wildman–Crippen MR) is 396 cm³/mol. The second-order valence-corrected chi connectivity index (χ2v) is 30.1. The van der Waals surface area contributed by atoms with E-state index in [4.69, 9.17) is 45.9 Å². The summed E-state index contributed by atoms with van der Waals surface area (Å²) < 4.78 is 0. The minimum atomic E-state index is -0.663. The average molecular weight is 1460 g/mol. The predicted octanol–water partition coefficient (Wildman–Crippen LogP) is 0.973. The van der Waals surface area contributed by atoms with Gasteiger partial charge in [0, 0.05) is 106 Å². The van der Waals surface area contributed by atoms with Crippen molar-refractivity contribution in [3.05, 3.63) is 29.8 Å². The molecule has 31 heteroatoms. The number of phenolic OH excluding ortho intramolecular Hbond substituents is 1. The van der Waals surface area contributed by atoms with E-state index in [9.17, 15) is 53.1 Å². The van der Waals surface area contributed by atoms with Crippen molar-refractivity contribution >= 4 is 77.0 Å². The summed E-state index contributed by atoms with van der Waals surface area (Å²) in [7, 11) is 0. The number of nitrogens with zero attached hydrogens (tertiary/aromatic N) is 3. The van der Waals surface area contributed by atoms with Gasteiger partial charge in [0.1, 0.15) is 5.75 Å². The summed E-state index contributed by atoms with van der Waals surface area (Å²) in [5.41, 5.74) is 46.4. The van der Waals surface area contributed by atoms with E-state index >= 15 is 0 Å². The molecule has 31 nitrogen and oxygen atoms in total. The first kappa shape index (κ1) is 82.8. The maximum Gasteiger partial charge on any atom is 0.225 e. The van der Waals surface area contributed by atoms with E-state index in [-0.39, 0.29) is 116 Å². The molecule has 1 aromatic rings. The number of aromatic hydroxyl groups is 1. The molecule has 1 aromatic carbocycles. The van der Waals surface area contributed by atoms with Crippen molar-refractivity contribution in [2.24, 2.45) is 96.4 Å². The molecule has 0 spiro atoms. The van der Waals surface area contributed by atoms with Crippen molar-refractivity contribution in [1.82, 2.24) is 47.9 Å². The molecular weight excluding hydrogens is 1330 g/mol. The molecule has 0 bridgehead atoms. The highest BCUT2D eigenvalue weighted by Crippen LogP contribution is 2.33. The Labute approximate surface area is 612 Å². The molecule has 0 aromatic heterocycles. The van der Waals surface area contributed by atoms with Crippen LogP contribution in [0.2, 0.25) is 0 Å². The Morgan fingerprint density at radius 3 is 0.904 bits per heavy atom. The van der Waals surface area contributed by atoms with Crippen LogP contribution in [0.3, 0.4) is 0 Å². The topological polar surface area (TPSA) is 544 Å². The summed E-state index contributed by atoms with van der Waals surface area (Å²) >= 11 is 0. The fourth-order valence-corrected chi connectivity index (χ4v) is 16.5. The Bertz CT molecular complexity index is 3090. The highest BCUT2D eigenvalue weighted by atomic mass is 16.3. The number of carbonyl (C=O) groups excluding carboxylic acids is 10. The van der Waals surface area contributed by atoms with Crippen LogP contribution >= 0.6 is 0 Å². The SMILES string of the molecule is NC(=O)C[C@H](CCCN=C(N)N)NC(=O)[C@H]1CCCC[C@@H]1NC(=O)[C@H]1CCCC[C@@H]1NC(=O)C[C@H](CCCN=C(N)N)NC(=O)[C@H]1CCCC[C@@H]1NC(=O)[C@H]1CCCC[C@@H]1NC(=O)C[C@H](CCCN=C(N)N)NC(=O)[C@H]1CCCC[C@@H]1NC(=O)[C@H]1CCCC[C@@H]1NC(=O)C[C@@H](N)Cc1ccc(O)cc1. The van der Waals surface area contributed by atoms with Crippen LogP contribution in [0.4, 0.5) is 0 Å². The molecule has 0 saturated heterocycles. The van der Waals surface area contributed by atoms with Gasteiger partial charge in [0.2, 0.25) is 59.1 Å². The number of carbonyl (C=O) groups is 10. The van der Waals surface area contributed by atoms with Gasteiger partial charge in [0.25, 0.3) is 0 Å². The lowest BCUT2D eigenvalue weighted by Gasteiger charge is -2.37. The molecule has 26 N–H and O–H groups in total. The second kappa shape index (κ2) is 43.1. The molecule has 6 fully saturated rings. The van der Waals surface area contributed by atoms with E-state index in [2.05, 4.69) is 62.8 Å². The van der Waals surface area contributed by atoms with Gasteiger partial charge in [-0.15, -0.1) is 0 Å². The first-order valence-electron chi connectivity index (χ1n) is 38.6. The third-order valence-corrected chi connectivity index (χ3v) is 21.9. The minimum absolute atomic E-state index is 0.0579. The third kappa shape index (κ3) is 28.2. The zero-order chi connectivity index (χ0) is 75.1. The van der Waals surface area contributed by atoms with Crippen molar-refractivity contribution in [2.75, 3.05) is 19.6 Å². The van der Waals surface area contributed by atoms with Crippen molar-refractivity contribution in [3.8, 4) is 5.75 Å².